The van der Waals surface area contributed by atoms with Crippen molar-refractivity contribution in [3.63, 3.8) is 0 Å². The molecule has 28 heavy (non-hydrogen) atoms. The molecular weight excluding hydrogens is 354 g/mol. The Morgan fingerprint density at radius 3 is 2.25 bits per heavy atom. The quantitative estimate of drug-likeness (QED) is 0.452. The van der Waals surface area contributed by atoms with E-state index in [1.54, 1.807) is 18.2 Å². The number of hydrogen-bond donors (Lipinski definition) is 1. The first-order valence-corrected chi connectivity index (χ1v) is 9.12. The maximum absolute atomic E-state index is 12.7. The van der Waals surface area contributed by atoms with Crippen LogP contribution in [-0.2, 0) is 0 Å². The van der Waals surface area contributed by atoms with Crippen molar-refractivity contribution in [2.24, 2.45) is 0 Å². The Labute approximate surface area is 164 Å². The van der Waals surface area contributed by atoms with Crippen molar-refractivity contribution in [1.29, 1.82) is 0 Å². The zero-order valence-corrected chi connectivity index (χ0v) is 16.8. The predicted molar refractivity (Wildman–Crippen MR) is 112 cm³/mol. The molecule has 5 nitrogen and oxygen atoms in total. The predicted octanol–water partition coefficient (Wildman–Crippen LogP) is 5.21. The van der Waals surface area contributed by atoms with E-state index in [2.05, 4.69) is 37.0 Å². The van der Waals surface area contributed by atoms with E-state index >= 15 is 0 Å². The maximum atomic E-state index is 12.7. The zero-order valence-electron chi connectivity index (χ0n) is 16.8. The summed E-state index contributed by atoms with van der Waals surface area (Å²) in [4.78, 5) is 16.0. The Bertz CT molecular complexity index is 1010. The van der Waals surface area contributed by atoms with Gasteiger partial charge >= 0.3 is 0 Å². The molecule has 0 radical (unpaired) electrons. The van der Waals surface area contributed by atoms with Crippen molar-refractivity contribution in [2.45, 2.75) is 19.8 Å². The van der Waals surface area contributed by atoms with Crippen LogP contribution in [0.2, 0.25) is 0 Å². The summed E-state index contributed by atoms with van der Waals surface area (Å²) in [5.74, 6) is 1.68. The van der Waals surface area contributed by atoms with E-state index < -0.39 is 0 Å². The van der Waals surface area contributed by atoms with Crippen LogP contribution in [0.4, 0.5) is 0 Å². The summed E-state index contributed by atoms with van der Waals surface area (Å²) in [6.45, 7) is 4.34. The molecule has 1 aromatic heterocycles. The Morgan fingerprint density at radius 1 is 1.00 bits per heavy atom. The molecule has 0 saturated carbocycles. The van der Waals surface area contributed by atoms with Gasteiger partial charge in [0.25, 0.3) is 0 Å². The number of carbonyl (C=O) groups excluding carboxylic acids is 1. The Hall–Kier alpha value is -3.21. The third-order valence-electron chi connectivity index (χ3n) is 4.77. The number of fused-ring (bicyclic) bond motifs is 1. The van der Waals surface area contributed by atoms with E-state index in [0.717, 1.165) is 16.5 Å². The lowest BCUT2D eigenvalue weighted by Crippen LogP contribution is -2.00. The van der Waals surface area contributed by atoms with Crippen LogP contribution < -0.4 is 14.2 Å². The highest BCUT2D eigenvalue weighted by Gasteiger charge is 2.16. The van der Waals surface area contributed by atoms with E-state index in [0.29, 0.717) is 28.7 Å². The van der Waals surface area contributed by atoms with E-state index in [4.69, 9.17) is 14.2 Å². The monoisotopic (exact) mass is 379 g/mol. The van der Waals surface area contributed by atoms with Crippen molar-refractivity contribution in [3.8, 4) is 17.2 Å². The Kier molecular flexibility index (Phi) is 5.73. The van der Waals surface area contributed by atoms with Crippen molar-refractivity contribution < 1.29 is 19.0 Å². The van der Waals surface area contributed by atoms with Gasteiger partial charge in [0.15, 0.2) is 17.3 Å². The first-order valence-electron chi connectivity index (χ1n) is 9.12. The first kappa shape index (κ1) is 19.5. The normalized spacial score (nSPS) is 11.4. The fourth-order valence-electron chi connectivity index (χ4n) is 3.15. The second-order valence-electron chi connectivity index (χ2n) is 6.82. The molecule has 1 N–H and O–H groups in total. The molecule has 0 bridgehead atoms. The second kappa shape index (κ2) is 8.21. The van der Waals surface area contributed by atoms with Crippen LogP contribution in [0, 0.1) is 0 Å². The molecule has 3 aromatic rings. The average molecular weight is 379 g/mol. The lowest BCUT2D eigenvalue weighted by molar-refractivity contribution is 0.104. The summed E-state index contributed by atoms with van der Waals surface area (Å²) in [5, 5.41) is 1.08. The highest BCUT2D eigenvalue weighted by molar-refractivity contribution is 6.08. The molecule has 5 heteroatoms. The Morgan fingerprint density at radius 2 is 1.68 bits per heavy atom. The molecule has 0 fully saturated rings. The van der Waals surface area contributed by atoms with Crippen LogP contribution >= 0.6 is 0 Å². The highest BCUT2D eigenvalue weighted by atomic mass is 16.5. The summed E-state index contributed by atoms with van der Waals surface area (Å²) in [5.41, 5.74) is 3.77. The molecule has 0 saturated heterocycles. The summed E-state index contributed by atoms with van der Waals surface area (Å²) in [6, 6.07) is 9.67. The van der Waals surface area contributed by atoms with E-state index in [-0.39, 0.29) is 5.78 Å². The largest absolute Gasteiger partial charge is 0.493 e. The van der Waals surface area contributed by atoms with Crippen molar-refractivity contribution in [1.82, 2.24) is 4.98 Å². The molecule has 0 spiro atoms. The van der Waals surface area contributed by atoms with Gasteiger partial charge in [0.05, 0.1) is 21.3 Å². The van der Waals surface area contributed by atoms with Gasteiger partial charge in [0.2, 0.25) is 5.75 Å². The molecule has 1 heterocycles. The summed E-state index contributed by atoms with van der Waals surface area (Å²) >= 11 is 0. The second-order valence-corrected chi connectivity index (χ2v) is 6.82. The number of benzene rings is 2. The molecule has 0 amide bonds. The van der Waals surface area contributed by atoms with Gasteiger partial charge in [-0.3, -0.25) is 4.79 Å². The number of nitrogens with one attached hydrogen (secondary N) is 1. The zero-order chi connectivity index (χ0) is 20.3. The smallest absolute Gasteiger partial charge is 0.203 e. The number of aromatic nitrogens is 1. The van der Waals surface area contributed by atoms with Gasteiger partial charge in [-0.1, -0.05) is 26.0 Å². The van der Waals surface area contributed by atoms with Gasteiger partial charge in [-0.15, -0.1) is 0 Å². The minimum absolute atomic E-state index is 0.146. The summed E-state index contributed by atoms with van der Waals surface area (Å²) in [7, 11) is 4.58. The first-order chi connectivity index (χ1) is 13.5. The van der Waals surface area contributed by atoms with Crippen molar-refractivity contribution in [3.05, 3.63) is 59.3 Å². The van der Waals surface area contributed by atoms with Crippen LogP contribution in [0.1, 0.15) is 41.3 Å². The molecule has 0 unspecified atom stereocenters. The fraction of sp³-hybridized carbons (Fsp3) is 0.261. The van der Waals surface area contributed by atoms with Crippen LogP contribution in [0.5, 0.6) is 17.2 Å². The molecule has 3 rings (SSSR count). The lowest BCUT2D eigenvalue weighted by Gasteiger charge is -2.13. The number of aromatic amines is 1. The number of ether oxygens (including phenoxy) is 3. The topological polar surface area (TPSA) is 60.6 Å². The number of methoxy groups -OCH3 is 3. The summed E-state index contributed by atoms with van der Waals surface area (Å²) < 4.78 is 15.9. The van der Waals surface area contributed by atoms with Crippen LogP contribution in [0.3, 0.4) is 0 Å². The Balaban J connectivity index is 1.91. The van der Waals surface area contributed by atoms with Crippen LogP contribution in [-0.4, -0.2) is 32.1 Å². The molecule has 0 atom stereocenters. The molecule has 0 aliphatic rings. The van der Waals surface area contributed by atoms with E-state index in [1.165, 1.54) is 26.9 Å². The number of rotatable bonds is 7. The third-order valence-corrected chi connectivity index (χ3v) is 4.77. The molecular formula is C23H25NO4. The van der Waals surface area contributed by atoms with Gasteiger partial charge in [-0.2, -0.15) is 0 Å². The fourth-order valence-corrected chi connectivity index (χ4v) is 3.15. The molecule has 2 aromatic carbocycles. The van der Waals surface area contributed by atoms with Gasteiger partial charge in [0, 0.05) is 22.7 Å². The number of hydrogen-bond acceptors (Lipinski definition) is 4. The SMILES string of the molecule is COc1cc(C(=O)/C=C/c2c[nH]c3cc(C(C)C)ccc23)cc(OC)c1OC. The van der Waals surface area contributed by atoms with E-state index in [9.17, 15) is 4.79 Å². The summed E-state index contributed by atoms with van der Waals surface area (Å²) in [6.07, 6.45) is 5.28. The van der Waals surface area contributed by atoms with Gasteiger partial charge in [0.1, 0.15) is 0 Å². The van der Waals surface area contributed by atoms with Gasteiger partial charge in [-0.05, 0) is 47.4 Å². The molecule has 0 aliphatic heterocycles. The number of carbonyl (C=O) groups is 1. The van der Waals surface area contributed by atoms with E-state index in [1.807, 2.05) is 12.3 Å². The van der Waals surface area contributed by atoms with Crippen LogP contribution in [0.25, 0.3) is 17.0 Å². The molecule has 146 valence electrons. The number of H-pyrrole nitrogens is 1. The van der Waals surface area contributed by atoms with Crippen LogP contribution in [0.15, 0.2) is 42.6 Å². The average Bonchev–Trinajstić information content (AvgIpc) is 3.12. The highest BCUT2D eigenvalue weighted by Crippen LogP contribution is 2.38. The lowest BCUT2D eigenvalue weighted by atomic mass is 10.0. The minimum atomic E-state index is -0.146. The van der Waals surface area contributed by atoms with Gasteiger partial charge in [-0.25, -0.2) is 0 Å². The number of ketones is 1. The van der Waals surface area contributed by atoms with Crippen molar-refractivity contribution in [2.75, 3.05) is 21.3 Å². The van der Waals surface area contributed by atoms with Gasteiger partial charge < -0.3 is 19.2 Å². The molecule has 0 aliphatic carbocycles. The van der Waals surface area contributed by atoms with Crippen molar-refractivity contribution >= 4 is 22.8 Å². The minimum Gasteiger partial charge on any atom is -0.493 e. The standard InChI is InChI=1S/C23H25NO4/c1-14(2)15-6-8-18-16(13-24-19(18)10-15)7-9-20(25)17-11-21(26-3)23(28-5)22(12-17)27-4/h6-14,24H,1-5H3/b9-7+. The third kappa shape index (κ3) is 3.74. The number of allylic oxidation sites excluding steroid dienone is 1. The maximum Gasteiger partial charge on any atom is 0.203 e.